The Hall–Kier alpha value is -5.28. The third kappa shape index (κ3) is 7.10. The van der Waals surface area contributed by atoms with Crippen LogP contribution >= 0.6 is 0 Å². The molecule has 5 rings (SSSR count). The van der Waals surface area contributed by atoms with E-state index in [0.717, 1.165) is 12.1 Å². The SMILES string of the molecule is COc1ccc(C=CC(=O)OCC2OC(Oc3cc(O)c4c(=O)cc(-c5cc(OC)c(O)c(OC)c5)oc4c3)C(O)C(O)C2O)cc1. The zero-order chi connectivity index (χ0) is 33.8. The standard InChI is InChI=1S/C33H32O14/c1-41-18-7-4-16(5-8-18)6-9-27(36)44-15-26-30(38)31(39)32(40)33(47-26)45-19-12-20(34)28-21(35)14-22(46-23(28)13-19)17-10-24(42-2)29(37)25(11-17)43-3/h4-14,26,30-34,37-40H,15H2,1-3H3. The smallest absolute Gasteiger partial charge is 0.330 e. The van der Waals surface area contributed by atoms with Crippen LogP contribution in [0.2, 0.25) is 0 Å². The Labute approximate surface area is 267 Å². The van der Waals surface area contributed by atoms with Crippen LogP contribution in [0.3, 0.4) is 0 Å². The molecule has 1 aromatic heterocycles. The van der Waals surface area contributed by atoms with Crippen molar-refractivity contribution >= 4 is 23.0 Å². The summed E-state index contributed by atoms with van der Waals surface area (Å²) in [5.41, 5.74) is 0.286. The van der Waals surface area contributed by atoms with E-state index in [1.807, 2.05) is 0 Å². The second kappa shape index (κ2) is 14.0. The molecule has 1 saturated heterocycles. The zero-order valence-electron chi connectivity index (χ0n) is 25.4. The summed E-state index contributed by atoms with van der Waals surface area (Å²) in [5, 5.41) is 52.3. The molecule has 248 valence electrons. The number of aliphatic hydroxyl groups is 3. The molecule has 1 fully saturated rings. The number of rotatable bonds is 10. The van der Waals surface area contributed by atoms with Gasteiger partial charge < -0.3 is 58.4 Å². The number of esters is 1. The van der Waals surface area contributed by atoms with E-state index in [4.69, 9.17) is 32.8 Å². The summed E-state index contributed by atoms with van der Waals surface area (Å²) in [7, 11) is 4.21. The van der Waals surface area contributed by atoms with E-state index in [1.165, 1.54) is 51.7 Å². The van der Waals surface area contributed by atoms with Gasteiger partial charge in [0.1, 0.15) is 65.0 Å². The van der Waals surface area contributed by atoms with Crippen molar-refractivity contribution in [2.45, 2.75) is 30.7 Å². The van der Waals surface area contributed by atoms with Crippen LogP contribution in [-0.4, -0.2) is 90.1 Å². The lowest BCUT2D eigenvalue weighted by atomic mass is 9.99. The van der Waals surface area contributed by atoms with Crippen LogP contribution < -0.4 is 24.4 Å². The molecular weight excluding hydrogens is 620 g/mol. The maximum atomic E-state index is 13.0. The number of carbonyl (C=O) groups excluding carboxylic acids is 1. The molecule has 5 atom stereocenters. The Morgan fingerprint density at radius 2 is 1.53 bits per heavy atom. The van der Waals surface area contributed by atoms with Crippen LogP contribution in [0.15, 0.2) is 69.9 Å². The third-order valence-corrected chi connectivity index (χ3v) is 7.39. The predicted molar refractivity (Wildman–Crippen MR) is 165 cm³/mol. The number of hydrogen-bond acceptors (Lipinski definition) is 14. The van der Waals surface area contributed by atoms with Crippen molar-refractivity contribution in [1.82, 2.24) is 0 Å². The summed E-state index contributed by atoms with van der Waals surface area (Å²) in [5.74, 6) is -0.878. The summed E-state index contributed by atoms with van der Waals surface area (Å²) in [4.78, 5) is 25.3. The number of methoxy groups -OCH3 is 3. The van der Waals surface area contributed by atoms with Gasteiger partial charge >= 0.3 is 5.97 Å². The molecule has 5 unspecified atom stereocenters. The lowest BCUT2D eigenvalue weighted by Crippen LogP contribution is -2.60. The quantitative estimate of drug-likeness (QED) is 0.123. The van der Waals surface area contributed by atoms with E-state index in [-0.39, 0.29) is 39.7 Å². The molecule has 0 amide bonds. The van der Waals surface area contributed by atoms with Crippen LogP contribution in [0.4, 0.5) is 0 Å². The van der Waals surface area contributed by atoms with E-state index in [0.29, 0.717) is 16.9 Å². The first-order chi connectivity index (χ1) is 22.5. The second-order valence-corrected chi connectivity index (χ2v) is 10.4. The molecule has 0 saturated carbocycles. The van der Waals surface area contributed by atoms with Gasteiger partial charge in [-0.2, -0.15) is 0 Å². The van der Waals surface area contributed by atoms with Crippen molar-refractivity contribution in [3.63, 3.8) is 0 Å². The second-order valence-electron chi connectivity index (χ2n) is 10.4. The zero-order valence-corrected chi connectivity index (χ0v) is 25.4. The third-order valence-electron chi connectivity index (χ3n) is 7.39. The van der Waals surface area contributed by atoms with E-state index in [1.54, 1.807) is 24.3 Å². The minimum atomic E-state index is -1.76. The lowest BCUT2D eigenvalue weighted by Gasteiger charge is -2.39. The summed E-state index contributed by atoms with van der Waals surface area (Å²) in [6.45, 7) is -0.503. The van der Waals surface area contributed by atoms with Crippen LogP contribution in [0, 0.1) is 0 Å². The number of aromatic hydroxyl groups is 2. The maximum Gasteiger partial charge on any atom is 0.330 e. The fourth-order valence-corrected chi connectivity index (χ4v) is 4.87. The van der Waals surface area contributed by atoms with Gasteiger partial charge in [0.2, 0.25) is 12.0 Å². The molecule has 0 bridgehead atoms. The normalized spacial score (nSPS) is 21.0. The highest BCUT2D eigenvalue weighted by atomic mass is 16.7. The number of hydrogen-bond donors (Lipinski definition) is 5. The van der Waals surface area contributed by atoms with Gasteiger partial charge in [-0.05, 0) is 35.9 Å². The molecule has 14 nitrogen and oxygen atoms in total. The topological polar surface area (TPSA) is 204 Å². The van der Waals surface area contributed by atoms with Crippen LogP contribution in [0.1, 0.15) is 5.56 Å². The largest absolute Gasteiger partial charge is 0.507 e. The summed E-state index contributed by atoms with van der Waals surface area (Å²) >= 11 is 0. The van der Waals surface area contributed by atoms with Crippen molar-refractivity contribution in [3.05, 3.63) is 76.5 Å². The van der Waals surface area contributed by atoms with Gasteiger partial charge in [-0.15, -0.1) is 0 Å². The average molecular weight is 653 g/mol. The molecule has 1 aliphatic heterocycles. The van der Waals surface area contributed by atoms with Crippen molar-refractivity contribution in [3.8, 4) is 45.8 Å². The molecule has 14 heteroatoms. The minimum absolute atomic E-state index is 0.0334. The summed E-state index contributed by atoms with van der Waals surface area (Å²) < 4.78 is 37.9. The minimum Gasteiger partial charge on any atom is -0.507 e. The maximum absolute atomic E-state index is 13.0. The molecule has 2 heterocycles. The number of phenolic OH excluding ortho intramolecular Hbond substituents is 2. The Bertz CT molecular complexity index is 1810. The van der Waals surface area contributed by atoms with Gasteiger partial charge in [-0.1, -0.05) is 12.1 Å². The van der Waals surface area contributed by atoms with Crippen LogP contribution in [0.25, 0.3) is 28.4 Å². The molecule has 1 aliphatic rings. The van der Waals surface area contributed by atoms with E-state index in [9.17, 15) is 35.1 Å². The van der Waals surface area contributed by atoms with Gasteiger partial charge in [-0.3, -0.25) is 4.79 Å². The number of benzene rings is 3. The Kier molecular flexibility index (Phi) is 9.86. The Morgan fingerprint density at radius 1 is 0.851 bits per heavy atom. The van der Waals surface area contributed by atoms with Gasteiger partial charge in [0.05, 0.1) is 21.3 Å². The first kappa shape index (κ1) is 33.1. The highest BCUT2D eigenvalue weighted by Gasteiger charge is 2.45. The first-order valence-corrected chi connectivity index (χ1v) is 14.1. The van der Waals surface area contributed by atoms with Gasteiger partial charge in [0.25, 0.3) is 0 Å². The number of fused-ring (bicyclic) bond motifs is 1. The Balaban J connectivity index is 1.34. The van der Waals surface area contributed by atoms with E-state index >= 15 is 0 Å². The molecule has 47 heavy (non-hydrogen) atoms. The number of carbonyl (C=O) groups is 1. The van der Waals surface area contributed by atoms with E-state index < -0.39 is 54.5 Å². The first-order valence-electron chi connectivity index (χ1n) is 14.1. The number of aliphatic hydroxyl groups excluding tert-OH is 3. The van der Waals surface area contributed by atoms with Crippen LogP contribution in [0.5, 0.6) is 34.5 Å². The predicted octanol–water partition coefficient (Wildman–Crippen LogP) is 2.34. The highest BCUT2D eigenvalue weighted by Crippen LogP contribution is 2.41. The highest BCUT2D eigenvalue weighted by molar-refractivity contribution is 5.87. The fourth-order valence-electron chi connectivity index (χ4n) is 4.87. The fraction of sp³-hybridized carbons (Fsp3) is 0.273. The summed E-state index contributed by atoms with van der Waals surface area (Å²) in [6.07, 6.45) is -5.41. The molecule has 0 aliphatic carbocycles. The number of phenols is 2. The van der Waals surface area contributed by atoms with Gasteiger partial charge in [-0.25, -0.2) is 4.79 Å². The lowest BCUT2D eigenvalue weighted by molar-refractivity contribution is -0.278. The molecule has 0 spiro atoms. The van der Waals surface area contributed by atoms with Crippen molar-refractivity contribution in [2.24, 2.45) is 0 Å². The van der Waals surface area contributed by atoms with Crippen molar-refractivity contribution < 1.29 is 63.2 Å². The molecule has 4 aromatic rings. The van der Waals surface area contributed by atoms with Crippen LogP contribution in [-0.2, 0) is 14.3 Å². The van der Waals surface area contributed by atoms with E-state index in [2.05, 4.69) is 0 Å². The van der Waals surface area contributed by atoms with Gasteiger partial charge in [0, 0.05) is 29.8 Å². The van der Waals surface area contributed by atoms with Gasteiger partial charge in [0.15, 0.2) is 16.9 Å². The molecule has 0 radical (unpaired) electrons. The number of ether oxygens (including phenoxy) is 6. The Morgan fingerprint density at radius 3 is 2.17 bits per heavy atom. The summed E-state index contributed by atoms with van der Waals surface area (Å²) in [6, 6.07) is 13.2. The monoisotopic (exact) mass is 652 g/mol. The molecular formula is C33H32O14. The van der Waals surface area contributed by atoms with Crippen molar-refractivity contribution in [1.29, 1.82) is 0 Å². The molecule has 3 aromatic carbocycles. The molecule has 5 N–H and O–H groups in total. The van der Waals surface area contributed by atoms with Crippen molar-refractivity contribution in [2.75, 3.05) is 27.9 Å². The average Bonchev–Trinajstić information content (AvgIpc) is 3.06.